The molecule has 31 heavy (non-hydrogen) atoms. The second-order valence-corrected chi connectivity index (χ2v) is 7.25. The van der Waals surface area contributed by atoms with E-state index in [0.29, 0.717) is 45.2 Å². The first-order valence-electron chi connectivity index (χ1n) is 9.34. The average molecular weight is 441 g/mol. The smallest absolute Gasteiger partial charge is 0.342 e. The summed E-state index contributed by atoms with van der Waals surface area (Å²) in [5.41, 5.74) is 7.26. The van der Waals surface area contributed by atoms with Gasteiger partial charge in [-0.15, -0.1) is 10.2 Å². The number of anilines is 1. The van der Waals surface area contributed by atoms with E-state index in [1.807, 2.05) is 24.3 Å². The van der Waals surface area contributed by atoms with Gasteiger partial charge in [0, 0.05) is 0 Å². The number of furan rings is 1. The molecule has 160 valence electrons. The lowest BCUT2D eigenvalue weighted by Gasteiger charge is -2.03. The van der Waals surface area contributed by atoms with Gasteiger partial charge in [-0.1, -0.05) is 23.9 Å². The van der Waals surface area contributed by atoms with Crippen LogP contribution in [0.1, 0.15) is 28.9 Å². The molecule has 0 saturated heterocycles. The number of fused-ring (bicyclic) bond motifs is 1. The van der Waals surface area contributed by atoms with E-state index >= 15 is 0 Å². The highest BCUT2D eigenvalue weighted by atomic mass is 32.2. The molecular formula is C20H19N5O5S. The van der Waals surface area contributed by atoms with Gasteiger partial charge in [0.1, 0.15) is 28.7 Å². The fourth-order valence-corrected chi connectivity index (χ4v) is 3.64. The molecule has 11 heteroatoms. The summed E-state index contributed by atoms with van der Waals surface area (Å²) in [6.45, 7) is 3.61. The summed E-state index contributed by atoms with van der Waals surface area (Å²) in [6, 6.07) is 7.36. The number of aromatic nitrogens is 4. The zero-order valence-corrected chi connectivity index (χ0v) is 17.9. The van der Waals surface area contributed by atoms with Gasteiger partial charge in [0.15, 0.2) is 0 Å². The minimum absolute atomic E-state index is 0.140. The van der Waals surface area contributed by atoms with Crippen LogP contribution in [0, 0.1) is 6.92 Å². The zero-order chi connectivity index (χ0) is 22.0. The van der Waals surface area contributed by atoms with Gasteiger partial charge < -0.3 is 24.0 Å². The van der Waals surface area contributed by atoms with Crippen molar-refractivity contribution >= 4 is 34.6 Å². The van der Waals surface area contributed by atoms with Crippen LogP contribution in [0.4, 0.5) is 5.82 Å². The average Bonchev–Trinajstić information content (AvgIpc) is 3.36. The number of benzene rings is 1. The molecule has 0 aliphatic heterocycles. The fourth-order valence-electron chi connectivity index (χ4n) is 3.02. The number of hydrogen-bond donors (Lipinski definition) is 1. The summed E-state index contributed by atoms with van der Waals surface area (Å²) >= 11 is 1.25. The predicted molar refractivity (Wildman–Crippen MR) is 113 cm³/mol. The second kappa shape index (κ2) is 8.64. The quantitative estimate of drug-likeness (QED) is 0.332. The molecule has 4 aromatic rings. The lowest BCUT2D eigenvalue weighted by atomic mass is 10.2. The maximum atomic E-state index is 12.2. The van der Waals surface area contributed by atoms with Gasteiger partial charge in [-0.2, -0.15) is 4.98 Å². The SMILES string of the molecule is CCOC(=O)c1c(C)oc2nc(CSc3nnc(-c4ccccc4OC)o3)nc(N)c12. The van der Waals surface area contributed by atoms with Crippen molar-refractivity contribution in [2.45, 2.75) is 24.8 Å². The van der Waals surface area contributed by atoms with Crippen molar-refractivity contribution in [3.05, 3.63) is 41.4 Å². The van der Waals surface area contributed by atoms with E-state index in [9.17, 15) is 4.79 Å². The molecule has 0 fully saturated rings. The Morgan fingerprint density at radius 2 is 2.00 bits per heavy atom. The van der Waals surface area contributed by atoms with Crippen molar-refractivity contribution in [3.63, 3.8) is 0 Å². The number of rotatable bonds is 7. The summed E-state index contributed by atoms with van der Waals surface area (Å²) in [5.74, 6) is 1.68. The van der Waals surface area contributed by atoms with E-state index < -0.39 is 5.97 Å². The third-order valence-corrected chi connectivity index (χ3v) is 5.16. The van der Waals surface area contributed by atoms with Crippen LogP contribution in [0.15, 0.2) is 38.3 Å². The van der Waals surface area contributed by atoms with E-state index in [2.05, 4.69) is 20.2 Å². The van der Waals surface area contributed by atoms with Gasteiger partial charge in [0.25, 0.3) is 11.1 Å². The van der Waals surface area contributed by atoms with Crippen LogP contribution in [0.3, 0.4) is 0 Å². The Balaban J connectivity index is 1.55. The molecule has 0 unspecified atom stereocenters. The minimum atomic E-state index is -0.522. The van der Waals surface area contributed by atoms with E-state index in [1.165, 1.54) is 11.8 Å². The second-order valence-electron chi connectivity index (χ2n) is 6.32. The third-order valence-electron chi connectivity index (χ3n) is 4.35. The first kappa shape index (κ1) is 20.7. The minimum Gasteiger partial charge on any atom is -0.496 e. The van der Waals surface area contributed by atoms with Crippen molar-refractivity contribution < 1.29 is 23.1 Å². The number of para-hydroxylation sites is 1. The Morgan fingerprint density at radius 1 is 1.19 bits per heavy atom. The third kappa shape index (κ3) is 4.04. The molecule has 2 N–H and O–H groups in total. The van der Waals surface area contributed by atoms with Gasteiger partial charge >= 0.3 is 5.97 Å². The Hall–Kier alpha value is -3.60. The van der Waals surface area contributed by atoms with Crippen LogP contribution in [-0.4, -0.2) is 39.9 Å². The Morgan fingerprint density at radius 3 is 2.77 bits per heavy atom. The van der Waals surface area contributed by atoms with Gasteiger partial charge in [-0.05, 0) is 26.0 Å². The number of ether oxygens (including phenoxy) is 2. The molecule has 0 aliphatic carbocycles. The Labute approximate surface area is 181 Å². The van der Waals surface area contributed by atoms with Crippen LogP contribution in [0.2, 0.25) is 0 Å². The molecule has 3 aromatic heterocycles. The standard InChI is InChI=1S/C20H19N5O5S/c1-4-28-19(26)14-10(2)29-18-15(14)16(21)22-13(23-18)9-31-20-25-24-17(30-20)11-7-5-6-8-12(11)27-3/h5-8H,4,9H2,1-3H3,(H2,21,22,23). The van der Waals surface area contributed by atoms with Gasteiger partial charge in [0.05, 0.1) is 30.4 Å². The van der Waals surface area contributed by atoms with E-state index in [4.69, 9.17) is 24.0 Å². The molecule has 0 spiro atoms. The molecule has 10 nitrogen and oxygen atoms in total. The van der Waals surface area contributed by atoms with Gasteiger partial charge in [-0.3, -0.25) is 0 Å². The number of hydrogen-bond acceptors (Lipinski definition) is 11. The first-order chi connectivity index (χ1) is 15.0. The molecule has 0 amide bonds. The van der Waals surface area contributed by atoms with Crippen molar-refractivity contribution in [3.8, 4) is 17.2 Å². The Kier molecular flexibility index (Phi) is 5.76. The highest BCUT2D eigenvalue weighted by Gasteiger charge is 2.24. The predicted octanol–water partition coefficient (Wildman–Crippen LogP) is 3.64. The molecule has 0 bridgehead atoms. The summed E-state index contributed by atoms with van der Waals surface area (Å²) in [7, 11) is 1.58. The highest BCUT2D eigenvalue weighted by Crippen LogP contribution is 2.32. The number of aryl methyl sites for hydroxylation is 1. The molecule has 0 radical (unpaired) electrons. The molecule has 0 atom stereocenters. The highest BCUT2D eigenvalue weighted by molar-refractivity contribution is 7.98. The molecule has 0 saturated carbocycles. The summed E-state index contributed by atoms with van der Waals surface area (Å²) in [6.07, 6.45) is 0. The normalized spacial score (nSPS) is 11.1. The van der Waals surface area contributed by atoms with Crippen molar-refractivity contribution in [1.29, 1.82) is 0 Å². The molecule has 4 rings (SSSR count). The Bertz CT molecular complexity index is 1250. The van der Waals surface area contributed by atoms with Crippen LogP contribution in [-0.2, 0) is 10.5 Å². The first-order valence-corrected chi connectivity index (χ1v) is 10.3. The molecule has 3 heterocycles. The van der Waals surface area contributed by atoms with Gasteiger partial charge in [0.2, 0.25) is 5.71 Å². The lowest BCUT2D eigenvalue weighted by molar-refractivity contribution is 0.0526. The lowest BCUT2D eigenvalue weighted by Crippen LogP contribution is -2.07. The van der Waals surface area contributed by atoms with Crippen LogP contribution in [0.5, 0.6) is 5.75 Å². The van der Waals surface area contributed by atoms with E-state index in [0.717, 1.165) is 0 Å². The number of nitrogen functional groups attached to an aromatic ring is 1. The number of nitrogens with zero attached hydrogens (tertiary/aromatic N) is 4. The number of thioether (sulfide) groups is 1. The fraction of sp³-hybridized carbons (Fsp3) is 0.250. The van der Waals surface area contributed by atoms with Crippen LogP contribution in [0.25, 0.3) is 22.6 Å². The van der Waals surface area contributed by atoms with Crippen molar-refractivity contribution in [2.75, 3.05) is 19.5 Å². The maximum absolute atomic E-state index is 12.2. The van der Waals surface area contributed by atoms with Crippen molar-refractivity contribution in [2.24, 2.45) is 0 Å². The molecule has 0 aliphatic rings. The van der Waals surface area contributed by atoms with Crippen molar-refractivity contribution in [1.82, 2.24) is 20.2 Å². The van der Waals surface area contributed by atoms with Gasteiger partial charge in [-0.25, -0.2) is 9.78 Å². The van der Waals surface area contributed by atoms with E-state index in [1.54, 1.807) is 21.0 Å². The number of carbonyl (C=O) groups is 1. The largest absolute Gasteiger partial charge is 0.496 e. The number of nitrogens with two attached hydrogens (primary N) is 1. The topological polar surface area (TPSA) is 139 Å². The number of carbonyl (C=O) groups excluding carboxylic acids is 1. The maximum Gasteiger partial charge on any atom is 0.342 e. The molecule has 1 aromatic carbocycles. The number of esters is 1. The summed E-state index contributed by atoms with van der Waals surface area (Å²) in [4.78, 5) is 20.9. The summed E-state index contributed by atoms with van der Waals surface area (Å²) < 4.78 is 21.7. The number of methoxy groups -OCH3 is 1. The molecular weight excluding hydrogens is 422 g/mol. The zero-order valence-electron chi connectivity index (χ0n) is 17.0. The van der Waals surface area contributed by atoms with Crippen LogP contribution >= 0.6 is 11.8 Å². The monoisotopic (exact) mass is 441 g/mol. The summed E-state index contributed by atoms with van der Waals surface area (Å²) in [5, 5.41) is 8.81. The van der Waals surface area contributed by atoms with E-state index in [-0.39, 0.29) is 23.7 Å². The van der Waals surface area contributed by atoms with Crippen LogP contribution < -0.4 is 10.5 Å².